The quantitative estimate of drug-likeness (QED) is 0.904. The number of carbonyl (C=O) groups is 1. The number of sulfonamides is 1. The van der Waals surface area contributed by atoms with Crippen molar-refractivity contribution < 1.29 is 22.0 Å². The summed E-state index contributed by atoms with van der Waals surface area (Å²) in [5.74, 6) is -2.52. The van der Waals surface area contributed by atoms with Gasteiger partial charge < -0.3 is 5.32 Å². The monoisotopic (exact) mass is 326 g/mol. The molecule has 0 aliphatic heterocycles. The largest absolute Gasteiger partial charge is 0.355 e. The summed E-state index contributed by atoms with van der Waals surface area (Å²) in [4.78, 5) is 11.1. The maximum atomic E-state index is 13.2. The number of amides is 1. The molecule has 5 nitrogen and oxygen atoms in total. The molecule has 0 fully saturated rings. The summed E-state index contributed by atoms with van der Waals surface area (Å²) < 4.78 is 52.9. The van der Waals surface area contributed by atoms with E-state index in [1.54, 1.807) is 6.07 Å². The zero-order valence-corrected chi connectivity index (χ0v) is 12.2. The molecule has 0 spiro atoms. The summed E-state index contributed by atoms with van der Waals surface area (Å²) >= 11 is 0. The molecule has 2 aromatic carbocycles. The first-order valence-corrected chi connectivity index (χ1v) is 7.62. The van der Waals surface area contributed by atoms with Crippen LogP contribution in [0.3, 0.4) is 0 Å². The fraction of sp³-hybridized carbons (Fsp3) is 0.0714. The van der Waals surface area contributed by atoms with Crippen molar-refractivity contribution in [2.75, 3.05) is 11.8 Å². The Bertz CT molecular complexity index is 802. The summed E-state index contributed by atoms with van der Waals surface area (Å²) in [5, 5.41) is 2.37. The third kappa shape index (κ3) is 3.40. The lowest BCUT2D eigenvalue weighted by atomic mass is 10.2. The fourth-order valence-electron chi connectivity index (χ4n) is 1.79. The van der Waals surface area contributed by atoms with Crippen molar-refractivity contribution in [3.8, 4) is 0 Å². The lowest BCUT2D eigenvalue weighted by Crippen LogP contribution is -2.21. The van der Waals surface area contributed by atoms with Gasteiger partial charge in [0.15, 0.2) is 0 Å². The summed E-state index contributed by atoms with van der Waals surface area (Å²) in [6.07, 6.45) is 0. The molecule has 2 N–H and O–H groups in total. The number of hydrogen-bond acceptors (Lipinski definition) is 3. The minimum absolute atomic E-state index is 0.00604. The van der Waals surface area contributed by atoms with Gasteiger partial charge in [-0.15, -0.1) is 0 Å². The van der Waals surface area contributed by atoms with E-state index in [2.05, 4.69) is 10.0 Å². The number of carbonyl (C=O) groups excluding carboxylic acids is 1. The molecule has 0 aliphatic rings. The van der Waals surface area contributed by atoms with Crippen LogP contribution in [0, 0.1) is 11.6 Å². The van der Waals surface area contributed by atoms with E-state index in [1.165, 1.54) is 25.2 Å². The molecule has 1 amide bonds. The predicted molar refractivity (Wildman–Crippen MR) is 77.0 cm³/mol. The molecule has 0 bridgehead atoms. The predicted octanol–water partition coefficient (Wildman–Crippen LogP) is 2.13. The van der Waals surface area contributed by atoms with Crippen LogP contribution in [0.25, 0.3) is 0 Å². The van der Waals surface area contributed by atoms with E-state index in [1.807, 2.05) is 0 Å². The van der Waals surface area contributed by atoms with E-state index in [4.69, 9.17) is 0 Å². The molecule has 2 aromatic rings. The second kappa shape index (κ2) is 6.10. The highest BCUT2D eigenvalue weighted by Gasteiger charge is 2.19. The zero-order valence-electron chi connectivity index (χ0n) is 11.4. The maximum Gasteiger partial charge on any atom is 0.262 e. The van der Waals surface area contributed by atoms with Crippen LogP contribution < -0.4 is 10.0 Å². The van der Waals surface area contributed by atoms with Gasteiger partial charge in [0.1, 0.15) is 11.6 Å². The van der Waals surface area contributed by atoms with Gasteiger partial charge in [-0.2, -0.15) is 0 Å². The van der Waals surface area contributed by atoms with E-state index in [0.717, 1.165) is 0 Å². The number of hydrogen-bond donors (Lipinski definition) is 2. The molecule has 0 radical (unpaired) electrons. The molecule has 8 heteroatoms. The van der Waals surface area contributed by atoms with Crippen molar-refractivity contribution in [3.63, 3.8) is 0 Å². The molecule has 0 saturated heterocycles. The van der Waals surface area contributed by atoms with Gasteiger partial charge in [0.05, 0.1) is 16.1 Å². The van der Waals surface area contributed by atoms with Crippen molar-refractivity contribution in [1.82, 2.24) is 5.32 Å². The molecule has 22 heavy (non-hydrogen) atoms. The van der Waals surface area contributed by atoms with Crippen LogP contribution in [-0.2, 0) is 10.0 Å². The molecule has 0 aliphatic carbocycles. The van der Waals surface area contributed by atoms with Crippen molar-refractivity contribution >= 4 is 21.6 Å². The van der Waals surface area contributed by atoms with E-state index in [0.29, 0.717) is 18.2 Å². The smallest absolute Gasteiger partial charge is 0.262 e. The van der Waals surface area contributed by atoms with Gasteiger partial charge in [-0.05, 0) is 24.3 Å². The Kier molecular flexibility index (Phi) is 4.41. The van der Waals surface area contributed by atoms with Gasteiger partial charge in [0.25, 0.3) is 15.9 Å². The Balaban J connectivity index is 2.43. The van der Waals surface area contributed by atoms with Gasteiger partial charge in [-0.25, -0.2) is 17.2 Å². The van der Waals surface area contributed by atoms with Crippen LogP contribution in [0.5, 0.6) is 0 Å². The minimum Gasteiger partial charge on any atom is -0.355 e. The standard InChI is InChI=1S/C14H12F2N2O3S/c1-17-14(19)12-4-2-3-5-13(12)18-22(20,21)11-7-9(15)6-10(16)8-11/h2-8,18H,1H3,(H,17,19). The van der Waals surface area contributed by atoms with Crippen LogP contribution in [-0.4, -0.2) is 21.4 Å². The van der Waals surface area contributed by atoms with Crippen molar-refractivity contribution in [3.05, 3.63) is 59.7 Å². The third-order valence-electron chi connectivity index (χ3n) is 2.79. The maximum absolute atomic E-state index is 13.2. The molecule has 0 saturated carbocycles. The first-order chi connectivity index (χ1) is 10.3. The van der Waals surface area contributed by atoms with Gasteiger partial charge >= 0.3 is 0 Å². The number of nitrogens with one attached hydrogen (secondary N) is 2. The Morgan fingerprint density at radius 3 is 2.23 bits per heavy atom. The first kappa shape index (κ1) is 15.9. The van der Waals surface area contributed by atoms with Crippen LogP contribution in [0.1, 0.15) is 10.4 Å². The van der Waals surface area contributed by atoms with E-state index >= 15 is 0 Å². The highest BCUT2D eigenvalue weighted by molar-refractivity contribution is 7.92. The molecular weight excluding hydrogens is 314 g/mol. The third-order valence-corrected chi connectivity index (χ3v) is 4.13. The summed E-state index contributed by atoms with van der Waals surface area (Å²) in [6.45, 7) is 0. The number of benzene rings is 2. The van der Waals surface area contributed by atoms with Crippen molar-refractivity contribution in [2.24, 2.45) is 0 Å². The number of rotatable bonds is 4. The van der Waals surface area contributed by atoms with E-state index in [9.17, 15) is 22.0 Å². The Morgan fingerprint density at radius 2 is 1.64 bits per heavy atom. The zero-order chi connectivity index (χ0) is 16.3. The van der Waals surface area contributed by atoms with Gasteiger partial charge in [0, 0.05) is 13.1 Å². The van der Waals surface area contributed by atoms with Gasteiger partial charge in [-0.1, -0.05) is 12.1 Å². The molecule has 0 unspecified atom stereocenters. The normalized spacial score (nSPS) is 11.0. The number of para-hydroxylation sites is 1. The highest BCUT2D eigenvalue weighted by atomic mass is 32.2. The summed E-state index contributed by atoms with van der Waals surface area (Å²) in [6, 6.07) is 7.82. The van der Waals surface area contributed by atoms with Crippen LogP contribution in [0.2, 0.25) is 0 Å². The Labute approximate surface area is 126 Å². The molecule has 2 rings (SSSR count). The lowest BCUT2D eigenvalue weighted by Gasteiger charge is -2.12. The molecule has 0 aromatic heterocycles. The second-order valence-corrected chi connectivity index (χ2v) is 6.02. The molecule has 116 valence electrons. The highest BCUT2D eigenvalue weighted by Crippen LogP contribution is 2.21. The summed E-state index contributed by atoms with van der Waals surface area (Å²) in [5.41, 5.74) is 0.0944. The van der Waals surface area contributed by atoms with Gasteiger partial charge in [-0.3, -0.25) is 9.52 Å². The average Bonchev–Trinajstić information content (AvgIpc) is 2.45. The van der Waals surface area contributed by atoms with Crippen LogP contribution in [0.15, 0.2) is 47.4 Å². The van der Waals surface area contributed by atoms with E-state index in [-0.39, 0.29) is 11.3 Å². The first-order valence-electron chi connectivity index (χ1n) is 6.13. The van der Waals surface area contributed by atoms with Crippen LogP contribution in [0.4, 0.5) is 14.5 Å². The van der Waals surface area contributed by atoms with Crippen molar-refractivity contribution in [2.45, 2.75) is 4.90 Å². The molecular formula is C14H12F2N2O3S. The summed E-state index contributed by atoms with van der Waals surface area (Å²) in [7, 11) is -2.83. The van der Waals surface area contributed by atoms with E-state index < -0.39 is 32.5 Å². The minimum atomic E-state index is -4.23. The topological polar surface area (TPSA) is 75.3 Å². The lowest BCUT2D eigenvalue weighted by molar-refractivity contribution is 0.0964. The molecule has 0 heterocycles. The Morgan fingerprint density at radius 1 is 1.05 bits per heavy atom. The fourth-order valence-corrected chi connectivity index (χ4v) is 2.91. The second-order valence-electron chi connectivity index (χ2n) is 4.34. The molecule has 0 atom stereocenters. The number of halogens is 2. The van der Waals surface area contributed by atoms with Crippen LogP contribution >= 0.6 is 0 Å². The van der Waals surface area contributed by atoms with Crippen molar-refractivity contribution in [1.29, 1.82) is 0 Å². The Hall–Kier alpha value is -2.48. The van der Waals surface area contributed by atoms with Gasteiger partial charge in [0.2, 0.25) is 0 Å². The average molecular weight is 326 g/mol. The SMILES string of the molecule is CNC(=O)c1ccccc1NS(=O)(=O)c1cc(F)cc(F)c1. The number of anilines is 1.